The van der Waals surface area contributed by atoms with E-state index in [-0.39, 0.29) is 0 Å². The lowest BCUT2D eigenvalue weighted by molar-refractivity contribution is 0.771. The molecule has 13 rings (SSSR count). The molecule has 298 valence electrons. The molecule has 1 nitrogen and oxygen atoms in total. The molecule has 0 N–H and O–H groups in total. The highest BCUT2D eigenvalue weighted by atomic mass is 15.1. The molecular formula is C63H41N. The number of hydrogen-bond donors (Lipinski definition) is 0. The first-order chi connectivity index (χ1) is 31.8. The lowest BCUT2D eigenvalue weighted by atomic mass is 9.67. The van der Waals surface area contributed by atoms with Crippen molar-refractivity contribution in [2.45, 2.75) is 5.41 Å². The van der Waals surface area contributed by atoms with Crippen LogP contribution in [0.4, 0.5) is 17.1 Å². The van der Waals surface area contributed by atoms with E-state index in [1.54, 1.807) is 0 Å². The van der Waals surface area contributed by atoms with Crippen LogP contribution in [0.25, 0.3) is 76.1 Å². The van der Waals surface area contributed by atoms with Crippen LogP contribution in [-0.2, 0) is 5.41 Å². The summed E-state index contributed by atoms with van der Waals surface area (Å²) in [5.41, 5.74) is 12.9. The molecule has 12 aromatic carbocycles. The number of rotatable bonds is 7. The average Bonchev–Trinajstić information content (AvgIpc) is 3.67. The largest absolute Gasteiger partial charge is 0.310 e. The average molecular weight is 812 g/mol. The molecule has 0 fully saturated rings. The molecule has 12 aromatic rings. The maximum atomic E-state index is 2.48. The van der Waals surface area contributed by atoms with Gasteiger partial charge in [0.1, 0.15) is 0 Å². The highest BCUT2D eigenvalue weighted by Gasteiger charge is 2.45. The molecule has 0 heterocycles. The summed E-state index contributed by atoms with van der Waals surface area (Å²) < 4.78 is 0. The first-order valence-corrected chi connectivity index (χ1v) is 22.3. The van der Waals surface area contributed by atoms with Gasteiger partial charge in [-0.2, -0.15) is 0 Å². The summed E-state index contributed by atoms with van der Waals surface area (Å²) in [7, 11) is 0. The fourth-order valence-corrected chi connectivity index (χ4v) is 11.2. The number of hydrogen-bond acceptors (Lipinski definition) is 1. The Morgan fingerprint density at radius 2 is 0.766 bits per heavy atom. The standard InChI is InChI=1S/C63H41N/c1-4-21-46(22-5-1)63(57-33-17-20-43-34-35-45-40-50(41-58(63)61(45)60(43)57)64(48-23-6-2-7-24-48)49-25-8-3-9-26-49)47-38-36-44(37-39-47)59-53-28-12-14-30-55(53)62(56-31-15-13-29-54(56)59)52-32-16-19-42-18-10-11-27-51(42)52/h1-41H. The first-order valence-electron chi connectivity index (χ1n) is 22.3. The number of benzene rings is 12. The lowest BCUT2D eigenvalue weighted by Crippen LogP contribution is -2.29. The van der Waals surface area contributed by atoms with Crippen molar-refractivity contribution in [3.05, 3.63) is 271 Å². The van der Waals surface area contributed by atoms with E-state index in [2.05, 4.69) is 254 Å². The quantitative estimate of drug-likeness (QED) is 0.114. The van der Waals surface area contributed by atoms with Crippen LogP contribution in [0.2, 0.25) is 0 Å². The molecule has 64 heavy (non-hydrogen) atoms. The molecule has 0 saturated carbocycles. The summed E-state index contributed by atoms with van der Waals surface area (Å²) >= 11 is 0. The summed E-state index contributed by atoms with van der Waals surface area (Å²) in [6.45, 7) is 0. The summed E-state index contributed by atoms with van der Waals surface area (Å²) in [6, 6.07) is 92.2. The minimum absolute atomic E-state index is 0.585. The SMILES string of the molecule is c1ccc(N(c2ccccc2)c2cc3c4c(ccc5cccc(c54)C3(c3ccccc3)c3ccc(-c4c5ccccc5c(-c5cccc6ccccc56)c5ccccc45)cc3)c2)cc1. The van der Waals surface area contributed by atoms with E-state index in [1.165, 1.54) is 98.4 Å². The van der Waals surface area contributed by atoms with E-state index in [9.17, 15) is 0 Å². The Hall–Kier alpha value is -8.26. The van der Waals surface area contributed by atoms with Gasteiger partial charge in [0.25, 0.3) is 0 Å². The van der Waals surface area contributed by atoms with E-state index in [0.29, 0.717) is 0 Å². The highest BCUT2D eigenvalue weighted by molar-refractivity contribution is 6.24. The third kappa shape index (κ3) is 5.31. The highest BCUT2D eigenvalue weighted by Crippen LogP contribution is 2.57. The molecule has 1 unspecified atom stereocenters. The molecule has 0 spiro atoms. The third-order valence-corrected chi connectivity index (χ3v) is 13.8. The van der Waals surface area contributed by atoms with Crippen LogP contribution in [0.1, 0.15) is 22.3 Å². The molecule has 0 aliphatic heterocycles. The Morgan fingerprint density at radius 3 is 1.42 bits per heavy atom. The van der Waals surface area contributed by atoms with Crippen LogP contribution >= 0.6 is 0 Å². The molecule has 1 aliphatic carbocycles. The normalized spacial score (nSPS) is 14.3. The van der Waals surface area contributed by atoms with Crippen LogP contribution in [-0.4, -0.2) is 0 Å². The van der Waals surface area contributed by atoms with Gasteiger partial charge in [-0.3, -0.25) is 0 Å². The van der Waals surface area contributed by atoms with Crippen molar-refractivity contribution < 1.29 is 0 Å². The van der Waals surface area contributed by atoms with Crippen LogP contribution in [0, 0.1) is 0 Å². The second-order valence-electron chi connectivity index (χ2n) is 17.1. The second-order valence-corrected chi connectivity index (χ2v) is 17.1. The van der Waals surface area contributed by atoms with Gasteiger partial charge in [0.2, 0.25) is 0 Å². The zero-order valence-corrected chi connectivity index (χ0v) is 35.1. The van der Waals surface area contributed by atoms with Crippen LogP contribution in [0.5, 0.6) is 0 Å². The zero-order chi connectivity index (χ0) is 42.2. The maximum absolute atomic E-state index is 2.48. The van der Waals surface area contributed by atoms with Gasteiger partial charge in [0, 0.05) is 17.1 Å². The first kappa shape index (κ1) is 36.4. The van der Waals surface area contributed by atoms with Gasteiger partial charge >= 0.3 is 0 Å². The predicted octanol–water partition coefficient (Wildman–Crippen LogP) is 17.0. The Kier molecular flexibility index (Phi) is 8.20. The Labute approximate surface area is 372 Å². The molecule has 1 atom stereocenters. The second kappa shape index (κ2) is 14.4. The fraction of sp³-hybridized carbons (Fsp3) is 0.0159. The van der Waals surface area contributed by atoms with Crippen molar-refractivity contribution in [3.8, 4) is 22.3 Å². The van der Waals surface area contributed by atoms with Crippen molar-refractivity contribution >= 4 is 70.9 Å². The number of nitrogens with zero attached hydrogens (tertiary/aromatic N) is 1. The topological polar surface area (TPSA) is 3.24 Å². The van der Waals surface area contributed by atoms with E-state index >= 15 is 0 Å². The summed E-state index contributed by atoms with van der Waals surface area (Å²) in [5.74, 6) is 0. The zero-order valence-electron chi connectivity index (χ0n) is 35.1. The number of fused-ring (bicyclic) bond motifs is 3. The molecular weight excluding hydrogens is 771 g/mol. The molecule has 0 saturated heterocycles. The van der Waals surface area contributed by atoms with Gasteiger partial charge in [0.15, 0.2) is 0 Å². The van der Waals surface area contributed by atoms with Gasteiger partial charge in [0.05, 0.1) is 5.41 Å². The Bertz CT molecular complexity index is 3660. The minimum atomic E-state index is -0.585. The van der Waals surface area contributed by atoms with Crippen molar-refractivity contribution in [1.82, 2.24) is 0 Å². The van der Waals surface area contributed by atoms with Gasteiger partial charge in [-0.25, -0.2) is 0 Å². The van der Waals surface area contributed by atoms with E-state index < -0.39 is 5.41 Å². The number of anilines is 3. The lowest BCUT2D eigenvalue weighted by Gasteiger charge is -2.35. The van der Waals surface area contributed by atoms with Gasteiger partial charge < -0.3 is 4.90 Å². The van der Waals surface area contributed by atoms with Crippen LogP contribution in [0.3, 0.4) is 0 Å². The molecule has 1 aliphatic rings. The van der Waals surface area contributed by atoms with E-state index in [1.807, 2.05) is 0 Å². The summed E-state index contributed by atoms with van der Waals surface area (Å²) in [5, 5.41) is 12.7. The number of para-hydroxylation sites is 2. The molecule has 0 radical (unpaired) electrons. The molecule has 0 amide bonds. The van der Waals surface area contributed by atoms with Crippen molar-refractivity contribution in [1.29, 1.82) is 0 Å². The molecule has 0 bridgehead atoms. The fourth-order valence-electron chi connectivity index (χ4n) is 11.2. The maximum Gasteiger partial charge on any atom is 0.0714 e. The van der Waals surface area contributed by atoms with E-state index in [4.69, 9.17) is 0 Å². The van der Waals surface area contributed by atoms with Crippen molar-refractivity contribution in [2.75, 3.05) is 4.90 Å². The van der Waals surface area contributed by atoms with Crippen molar-refractivity contribution in [3.63, 3.8) is 0 Å². The van der Waals surface area contributed by atoms with Crippen LogP contribution in [0.15, 0.2) is 249 Å². The van der Waals surface area contributed by atoms with Gasteiger partial charge in [-0.1, -0.05) is 212 Å². The minimum Gasteiger partial charge on any atom is -0.310 e. The smallest absolute Gasteiger partial charge is 0.0714 e. The van der Waals surface area contributed by atoms with E-state index in [0.717, 1.165) is 17.1 Å². The Morgan fingerprint density at radius 1 is 0.281 bits per heavy atom. The monoisotopic (exact) mass is 811 g/mol. The predicted molar refractivity (Wildman–Crippen MR) is 271 cm³/mol. The summed E-state index contributed by atoms with van der Waals surface area (Å²) in [4.78, 5) is 2.40. The van der Waals surface area contributed by atoms with Gasteiger partial charge in [-0.05, 0) is 135 Å². The van der Waals surface area contributed by atoms with Gasteiger partial charge in [-0.15, -0.1) is 0 Å². The molecule has 1 heteroatoms. The van der Waals surface area contributed by atoms with Crippen LogP contribution < -0.4 is 4.90 Å². The summed E-state index contributed by atoms with van der Waals surface area (Å²) in [6.07, 6.45) is 0. The third-order valence-electron chi connectivity index (χ3n) is 13.8. The molecule has 0 aromatic heterocycles. The Balaban J connectivity index is 1.07. The van der Waals surface area contributed by atoms with Crippen molar-refractivity contribution in [2.24, 2.45) is 0 Å².